The van der Waals surface area contributed by atoms with Crippen LogP contribution in [0.2, 0.25) is 0 Å². The monoisotopic (exact) mass is 218 g/mol. The fourth-order valence-electron chi connectivity index (χ4n) is 1.77. The molecule has 0 radical (unpaired) electrons. The fourth-order valence-corrected chi connectivity index (χ4v) is 1.77. The molecule has 0 amide bonds. The molecule has 0 aliphatic rings. The molecule has 0 saturated heterocycles. The second-order valence-electron chi connectivity index (χ2n) is 5.86. The van der Waals surface area contributed by atoms with Gasteiger partial charge in [0.2, 0.25) is 0 Å². The molecular weight excluding hydrogens is 196 g/mol. The minimum Gasteiger partial charge on any atom is -0.294 e. The zero-order chi connectivity index (χ0) is 12.3. The lowest BCUT2D eigenvalue weighted by atomic mass is 9.88. The Morgan fingerprint density at radius 2 is 1.56 bits per heavy atom. The van der Waals surface area contributed by atoms with E-state index in [4.69, 9.17) is 0 Å². The van der Waals surface area contributed by atoms with Crippen molar-refractivity contribution in [3.8, 4) is 0 Å². The largest absolute Gasteiger partial charge is 0.294 e. The number of ketones is 1. The van der Waals surface area contributed by atoms with E-state index in [1.165, 1.54) is 11.1 Å². The number of benzene rings is 1. The van der Waals surface area contributed by atoms with Crippen LogP contribution in [0.5, 0.6) is 0 Å². The zero-order valence-electron chi connectivity index (χ0n) is 11.1. The maximum atomic E-state index is 12.0. The van der Waals surface area contributed by atoms with E-state index >= 15 is 0 Å². The third-order valence-electron chi connectivity index (χ3n) is 2.65. The highest BCUT2D eigenvalue weighted by Gasteiger charge is 2.14. The molecule has 0 atom stereocenters. The molecule has 0 N–H and O–H groups in total. The molecule has 0 spiro atoms. The van der Waals surface area contributed by atoms with Crippen LogP contribution in [0, 0.1) is 19.3 Å². The van der Waals surface area contributed by atoms with E-state index < -0.39 is 0 Å². The smallest absolute Gasteiger partial charge is 0.162 e. The van der Waals surface area contributed by atoms with Crippen molar-refractivity contribution in [1.29, 1.82) is 0 Å². The number of hydrogen-bond acceptors (Lipinski definition) is 1. The van der Waals surface area contributed by atoms with E-state index in [1.54, 1.807) is 0 Å². The summed E-state index contributed by atoms with van der Waals surface area (Å²) in [6.45, 7) is 10.6. The Morgan fingerprint density at radius 1 is 1.06 bits per heavy atom. The zero-order valence-corrected chi connectivity index (χ0v) is 11.1. The topological polar surface area (TPSA) is 17.1 Å². The van der Waals surface area contributed by atoms with E-state index in [2.05, 4.69) is 26.8 Å². The maximum Gasteiger partial charge on any atom is 0.162 e. The first kappa shape index (κ1) is 13.0. The van der Waals surface area contributed by atoms with E-state index in [-0.39, 0.29) is 11.2 Å². The third kappa shape index (κ3) is 4.18. The molecule has 0 bridgehead atoms. The molecule has 1 rings (SSSR count). The first-order chi connectivity index (χ1) is 7.28. The number of hydrogen-bond donors (Lipinski definition) is 0. The Labute approximate surface area is 98.9 Å². The Morgan fingerprint density at radius 3 is 2.00 bits per heavy atom. The van der Waals surface area contributed by atoms with Gasteiger partial charge in [0.1, 0.15) is 0 Å². The summed E-state index contributed by atoms with van der Waals surface area (Å²) in [5.41, 5.74) is 3.43. The van der Waals surface area contributed by atoms with Crippen molar-refractivity contribution in [2.75, 3.05) is 0 Å². The van der Waals surface area contributed by atoms with Gasteiger partial charge in [0.05, 0.1) is 0 Å². The summed E-state index contributed by atoms with van der Waals surface area (Å²) in [4.78, 5) is 12.0. The Hall–Kier alpha value is -1.11. The lowest BCUT2D eigenvalue weighted by Crippen LogP contribution is -2.09. The standard InChI is InChI=1S/C15H22O/c1-11-8-12(2)10-13(9-11)14(16)6-7-15(3,4)5/h8-10H,6-7H2,1-5H3. The van der Waals surface area contributed by atoms with E-state index in [9.17, 15) is 4.79 Å². The lowest BCUT2D eigenvalue weighted by Gasteiger charge is -2.17. The molecule has 0 aliphatic carbocycles. The van der Waals surface area contributed by atoms with Crippen LogP contribution in [0.1, 0.15) is 55.1 Å². The van der Waals surface area contributed by atoms with Gasteiger partial charge in [-0.05, 0) is 37.8 Å². The van der Waals surface area contributed by atoms with Gasteiger partial charge in [0.25, 0.3) is 0 Å². The minimum atomic E-state index is 0.231. The summed E-state index contributed by atoms with van der Waals surface area (Å²) in [5.74, 6) is 0.265. The second kappa shape index (κ2) is 4.82. The van der Waals surface area contributed by atoms with Crippen LogP contribution in [0.3, 0.4) is 0 Å². The van der Waals surface area contributed by atoms with Gasteiger partial charge in [-0.25, -0.2) is 0 Å². The van der Waals surface area contributed by atoms with Crippen LogP contribution >= 0.6 is 0 Å². The predicted octanol–water partition coefficient (Wildman–Crippen LogP) is 4.31. The third-order valence-corrected chi connectivity index (χ3v) is 2.65. The summed E-state index contributed by atoms with van der Waals surface area (Å²) in [6.07, 6.45) is 1.59. The summed E-state index contributed by atoms with van der Waals surface area (Å²) in [5, 5.41) is 0. The van der Waals surface area contributed by atoms with Crippen molar-refractivity contribution in [1.82, 2.24) is 0 Å². The van der Waals surface area contributed by atoms with Crippen molar-refractivity contribution >= 4 is 5.78 Å². The number of carbonyl (C=O) groups is 1. The molecule has 16 heavy (non-hydrogen) atoms. The predicted molar refractivity (Wildman–Crippen MR) is 68.9 cm³/mol. The quantitative estimate of drug-likeness (QED) is 0.691. The van der Waals surface area contributed by atoms with Crippen LogP contribution in [0.25, 0.3) is 0 Å². The number of rotatable bonds is 3. The molecule has 0 aliphatic heterocycles. The summed E-state index contributed by atoms with van der Waals surface area (Å²) < 4.78 is 0. The van der Waals surface area contributed by atoms with Gasteiger partial charge in [0, 0.05) is 12.0 Å². The average molecular weight is 218 g/mol. The highest BCUT2D eigenvalue weighted by molar-refractivity contribution is 5.96. The van der Waals surface area contributed by atoms with Crippen LogP contribution in [-0.4, -0.2) is 5.78 Å². The average Bonchev–Trinajstić information content (AvgIpc) is 2.11. The first-order valence-electron chi connectivity index (χ1n) is 5.89. The molecule has 1 aromatic rings. The van der Waals surface area contributed by atoms with Gasteiger partial charge in [-0.3, -0.25) is 4.79 Å². The molecule has 1 aromatic carbocycles. The Kier molecular flexibility index (Phi) is 3.90. The molecule has 88 valence electrons. The van der Waals surface area contributed by atoms with Crippen molar-refractivity contribution in [3.63, 3.8) is 0 Å². The van der Waals surface area contributed by atoms with Crippen LogP contribution in [0.15, 0.2) is 18.2 Å². The van der Waals surface area contributed by atoms with Gasteiger partial charge >= 0.3 is 0 Å². The number of carbonyl (C=O) groups excluding carboxylic acids is 1. The molecule has 1 heteroatoms. The minimum absolute atomic E-state index is 0.231. The molecule has 0 saturated carbocycles. The molecule has 0 heterocycles. The molecule has 0 unspecified atom stereocenters. The highest BCUT2D eigenvalue weighted by Crippen LogP contribution is 2.22. The fraction of sp³-hybridized carbons (Fsp3) is 0.533. The summed E-state index contributed by atoms with van der Waals surface area (Å²) in [6, 6.07) is 6.07. The van der Waals surface area contributed by atoms with Crippen molar-refractivity contribution in [2.45, 2.75) is 47.5 Å². The maximum absolute atomic E-state index is 12.0. The highest BCUT2D eigenvalue weighted by atomic mass is 16.1. The molecule has 0 fully saturated rings. The van der Waals surface area contributed by atoms with Crippen LogP contribution in [-0.2, 0) is 0 Å². The van der Waals surface area contributed by atoms with Crippen LogP contribution < -0.4 is 0 Å². The normalized spacial score (nSPS) is 11.6. The Balaban J connectivity index is 2.73. The van der Waals surface area contributed by atoms with E-state index in [1.807, 2.05) is 26.0 Å². The summed E-state index contributed by atoms with van der Waals surface area (Å²) in [7, 11) is 0. The lowest BCUT2D eigenvalue weighted by molar-refractivity contribution is 0.0966. The van der Waals surface area contributed by atoms with Crippen molar-refractivity contribution < 1.29 is 4.79 Å². The van der Waals surface area contributed by atoms with Crippen LogP contribution in [0.4, 0.5) is 0 Å². The van der Waals surface area contributed by atoms with Gasteiger partial charge < -0.3 is 0 Å². The van der Waals surface area contributed by atoms with E-state index in [0.717, 1.165) is 12.0 Å². The molecule has 0 aromatic heterocycles. The Bertz CT molecular complexity index is 363. The van der Waals surface area contributed by atoms with E-state index in [0.29, 0.717) is 6.42 Å². The number of aryl methyl sites for hydroxylation is 2. The second-order valence-corrected chi connectivity index (χ2v) is 5.86. The summed E-state index contributed by atoms with van der Waals surface area (Å²) >= 11 is 0. The number of Topliss-reactive ketones (excluding diaryl/α,β-unsaturated/α-hetero) is 1. The SMILES string of the molecule is Cc1cc(C)cc(C(=O)CCC(C)(C)C)c1. The van der Waals surface area contributed by atoms with Gasteiger partial charge in [0.15, 0.2) is 5.78 Å². The van der Waals surface area contributed by atoms with Gasteiger partial charge in [-0.1, -0.05) is 38.0 Å². The molecular formula is C15H22O. The van der Waals surface area contributed by atoms with Gasteiger partial charge in [-0.2, -0.15) is 0 Å². The molecule has 1 nitrogen and oxygen atoms in total. The first-order valence-corrected chi connectivity index (χ1v) is 5.89. The van der Waals surface area contributed by atoms with Crippen molar-refractivity contribution in [3.05, 3.63) is 34.9 Å². The van der Waals surface area contributed by atoms with Gasteiger partial charge in [-0.15, -0.1) is 0 Å². The van der Waals surface area contributed by atoms with Crippen molar-refractivity contribution in [2.24, 2.45) is 5.41 Å².